The predicted molar refractivity (Wildman–Crippen MR) is 166 cm³/mol. The Morgan fingerprint density at radius 2 is 1.73 bits per heavy atom. The Hall–Kier alpha value is -1.10. The Kier molecular flexibility index (Phi) is 8.23. The summed E-state index contributed by atoms with van der Waals surface area (Å²) in [7, 11) is 0. The first-order valence-corrected chi connectivity index (χ1v) is 17.5. The van der Waals surface area contributed by atoms with Gasteiger partial charge in [-0.15, -0.1) is 0 Å². The van der Waals surface area contributed by atoms with Crippen molar-refractivity contribution in [2.45, 2.75) is 149 Å². The molecule has 6 aliphatic rings. The van der Waals surface area contributed by atoms with E-state index in [0.717, 1.165) is 38.5 Å². The minimum atomic E-state index is -1.27. The number of hydrogen-bond donors (Lipinski definition) is 3. The molecule has 1 saturated heterocycles. The molecule has 3 N–H and O–H groups in total. The van der Waals surface area contributed by atoms with Gasteiger partial charge in [-0.2, -0.15) is 0 Å². The normalized spacial score (nSPS) is 49.3. The molecule has 5 aliphatic carbocycles. The molecule has 6 rings (SSSR count). The summed E-state index contributed by atoms with van der Waals surface area (Å²) in [6, 6.07) is 0. The van der Waals surface area contributed by atoms with Gasteiger partial charge in [-0.1, -0.05) is 34.6 Å². The maximum atomic E-state index is 12.5. The molecule has 0 unspecified atom stereocenters. The number of carbonyl (C=O) groups excluding carboxylic acids is 2. The van der Waals surface area contributed by atoms with Gasteiger partial charge in [-0.05, 0) is 111 Å². The Labute approximate surface area is 269 Å². The summed E-state index contributed by atoms with van der Waals surface area (Å²) in [5.74, 6) is 0.821. The Morgan fingerprint density at radius 1 is 1.07 bits per heavy atom. The van der Waals surface area contributed by atoms with Crippen LogP contribution in [-0.4, -0.2) is 83.2 Å². The molecule has 256 valence electrons. The van der Waals surface area contributed by atoms with Crippen molar-refractivity contribution in [3.8, 4) is 0 Å². The number of fused-ring (bicyclic) bond motifs is 4. The van der Waals surface area contributed by atoms with E-state index in [1.165, 1.54) is 13.3 Å². The standard InChI is InChI=1S/C36H58O9/c1-20-17-22(30(32(5,6)41)43-21(2)39)44-28-27(20)33(7)13-14-36-19-35(36)12-11-25(45-26(18-38)42-16-15-37)31(3,4)23(35)9-10-24(36)34(33,8)29(28)40/h15,20,22-30,38,40-41H,9-14,16-19H2,1-8H3/t20-,22-,23+,24+,25+,26+,27-,28+,29+,30+,33-,34-,35-,36+/m1/s1. The summed E-state index contributed by atoms with van der Waals surface area (Å²) in [5.41, 5.74) is -1.43. The van der Waals surface area contributed by atoms with Gasteiger partial charge >= 0.3 is 5.97 Å². The van der Waals surface area contributed by atoms with E-state index >= 15 is 0 Å². The average Bonchev–Trinajstić information content (AvgIpc) is 3.59. The molecular formula is C36H58O9. The van der Waals surface area contributed by atoms with Gasteiger partial charge in [-0.3, -0.25) is 4.79 Å². The average molecular weight is 635 g/mol. The fourth-order valence-corrected chi connectivity index (χ4v) is 13.1. The fraction of sp³-hybridized carbons (Fsp3) is 0.944. The number of aliphatic hydroxyl groups excluding tert-OH is 2. The molecule has 9 heteroatoms. The first-order chi connectivity index (χ1) is 20.9. The fourth-order valence-electron chi connectivity index (χ4n) is 13.1. The zero-order valence-corrected chi connectivity index (χ0v) is 28.7. The number of aliphatic hydroxyl groups is 3. The third kappa shape index (κ3) is 4.60. The van der Waals surface area contributed by atoms with Crippen LogP contribution >= 0.6 is 0 Å². The second-order valence-corrected chi connectivity index (χ2v) is 17.5. The second kappa shape index (κ2) is 11.0. The van der Waals surface area contributed by atoms with E-state index in [-0.39, 0.29) is 64.3 Å². The van der Waals surface area contributed by atoms with Crippen molar-refractivity contribution in [1.82, 2.24) is 0 Å². The number of aldehydes is 1. The molecule has 1 aliphatic heterocycles. The summed E-state index contributed by atoms with van der Waals surface area (Å²) >= 11 is 0. The third-order valence-electron chi connectivity index (χ3n) is 14.9. The molecule has 5 saturated carbocycles. The van der Waals surface area contributed by atoms with E-state index in [1.54, 1.807) is 13.8 Å². The van der Waals surface area contributed by atoms with Crippen molar-refractivity contribution in [3.63, 3.8) is 0 Å². The Bertz CT molecular complexity index is 1170. The Morgan fingerprint density at radius 3 is 2.36 bits per heavy atom. The van der Waals surface area contributed by atoms with Crippen molar-refractivity contribution in [3.05, 3.63) is 0 Å². The lowest BCUT2D eigenvalue weighted by Gasteiger charge is -2.63. The van der Waals surface area contributed by atoms with E-state index in [1.807, 2.05) is 0 Å². The molecule has 2 spiro atoms. The maximum Gasteiger partial charge on any atom is 0.303 e. The summed E-state index contributed by atoms with van der Waals surface area (Å²) in [6.45, 7) is 16.0. The molecule has 45 heavy (non-hydrogen) atoms. The first kappa shape index (κ1) is 33.8. The van der Waals surface area contributed by atoms with Crippen LogP contribution in [0.25, 0.3) is 0 Å². The topological polar surface area (TPSA) is 132 Å². The minimum absolute atomic E-state index is 0.0670. The predicted octanol–water partition coefficient (Wildman–Crippen LogP) is 4.42. The van der Waals surface area contributed by atoms with Crippen molar-refractivity contribution >= 4 is 12.3 Å². The number of esters is 1. The van der Waals surface area contributed by atoms with Gasteiger partial charge in [0.1, 0.15) is 12.9 Å². The zero-order chi connectivity index (χ0) is 33.0. The summed E-state index contributed by atoms with van der Waals surface area (Å²) in [6.07, 6.45) is 5.64. The van der Waals surface area contributed by atoms with Crippen LogP contribution in [-0.2, 0) is 28.5 Å². The molecule has 0 aromatic carbocycles. The molecule has 0 aromatic rings. The molecule has 14 atom stereocenters. The number of ether oxygens (including phenoxy) is 4. The number of carbonyl (C=O) groups is 2. The molecule has 0 radical (unpaired) electrons. The lowest BCUT2D eigenvalue weighted by molar-refractivity contribution is -0.240. The van der Waals surface area contributed by atoms with Crippen LogP contribution in [0.2, 0.25) is 0 Å². The smallest absolute Gasteiger partial charge is 0.303 e. The zero-order valence-electron chi connectivity index (χ0n) is 28.7. The van der Waals surface area contributed by atoms with Crippen LogP contribution in [0.1, 0.15) is 107 Å². The minimum Gasteiger partial charge on any atom is -0.457 e. The van der Waals surface area contributed by atoms with Gasteiger partial charge in [0.05, 0.1) is 36.6 Å². The monoisotopic (exact) mass is 634 g/mol. The highest BCUT2D eigenvalue weighted by Gasteiger charge is 2.84. The van der Waals surface area contributed by atoms with E-state index < -0.39 is 36.2 Å². The number of rotatable bonds is 9. The lowest BCUT2D eigenvalue weighted by atomic mass is 9.41. The van der Waals surface area contributed by atoms with Gasteiger partial charge in [0.2, 0.25) is 0 Å². The Balaban J connectivity index is 1.27. The highest BCUT2D eigenvalue weighted by Crippen LogP contribution is 2.89. The van der Waals surface area contributed by atoms with E-state index in [4.69, 9.17) is 18.9 Å². The molecule has 1 heterocycles. The van der Waals surface area contributed by atoms with E-state index in [0.29, 0.717) is 24.5 Å². The third-order valence-corrected chi connectivity index (χ3v) is 14.9. The molecule has 0 bridgehead atoms. The van der Waals surface area contributed by atoms with Crippen molar-refractivity contribution in [2.75, 3.05) is 13.2 Å². The number of hydrogen-bond acceptors (Lipinski definition) is 9. The second-order valence-electron chi connectivity index (χ2n) is 17.5. The van der Waals surface area contributed by atoms with Gasteiger partial charge in [-0.25, -0.2) is 0 Å². The highest BCUT2D eigenvalue weighted by atomic mass is 16.7. The quantitative estimate of drug-likeness (QED) is 0.192. The SMILES string of the molecule is CC(=O)O[C@@H]([C@H]1C[C@@H](C)[C@@H]2[C@H](O1)[C@H](O)[C@@]1(C)[C@@H]3CC[C@H]4C(C)(C)[C@@H](O[C@@H](CO)OCC=O)CC[C@@]45C[C@@]35CC[C@]21C)C(C)(C)O. The van der Waals surface area contributed by atoms with Crippen molar-refractivity contribution in [1.29, 1.82) is 0 Å². The summed E-state index contributed by atoms with van der Waals surface area (Å²) in [4.78, 5) is 22.9. The lowest BCUT2D eigenvalue weighted by Crippen LogP contribution is -2.60. The van der Waals surface area contributed by atoms with Crippen LogP contribution < -0.4 is 0 Å². The first-order valence-electron chi connectivity index (χ1n) is 17.5. The van der Waals surface area contributed by atoms with Crippen LogP contribution in [0.3, 0.4) is 0 Å². The van der Waals surface area contributed by atoms with Crippen molar-refractivity contribution in [2.24, 2.45) is 50.7 Å². The molecule has 0 aromatic heterocycles. The molecule has 9 nitrogen and oxygen atoms in total. The van der Waals surface area contributed by atoms with E-state index in [2.05, 4.69) is 34.6 Å². The summed E-state index contributed by atoms with van der Waals surface area (Å²) in [5, 5.41) is 33.3. The van der Waals surface area contributed by atoms with Crippen LogP contribution in [0.4, 0.5) is 0 Å². The van der Waals surface area contributed by atoms with Gasteiger partial charge in [0.15, 0.2) is 12.4 Å². The highest BCUT2D eigenvalue weighted by molar-refractivity contribution is 5.66. The van der Waals surface area contributed by atoms with Crippen molar-refractivity contribution < 1.29 is 43.9 Å². The van der Waals surface area contributed by atoms with Gasteiger partial charge in [0.25, 0.3) is 0 Å². The van der Waals surface area contributed by atoms with Gasteiger partial charge < -0.3 is 39.1 Å². The maximum absolute atomic E-state index is 12.5. The van der Waals surface area contributed by atoms with Crippen LogP contribution in [0.5, 0.6) is 0 Å². The summed E-state index contributed by atoms with van der Waals surface area (Å²) < 4.78 is 24.3. The van der Waals surface area contributed by atoms with Crippen LogP contribution in [0, 0.1) is 50.7 Å². The molecule has 6 fully saturated rings. The van der Waals surface area contributed by atoms with E-state index in [9.17, 15) is 24.9 Å². The van der Waals surface area contributed by atoms with Gasteiger partial charge in [0, 0.05) is 12.3 Å². The molecule has 0 amide bonds. The molecular weight excluding hydrogens is 576 g/mol. The van der Waals surface area contributed by atoms with Crippen LogP contribution in [0.15, 0.2) is 0 Å². The largest absolute Gasteiger partial charge is 0.457 e.